The number of benzene rings is 1. The van der Waals surface area contributed by atoms with Gasteiger partial charge < -0.3 is 9.80 Å². The lowest BCUT2D eigenvalue weighted by Gasteiger charge is -2.35. The Kier molecular flexibility index (Phi) is 6.83. The first-order valence-corrected chi connectivity index (χ1v) is 9.89. The second-order valence-electron chi connectivity index (χ2n) is 6.95. The standard InChI is InChI=1S/C21H31N5/c1-3-12-25(13-4-2)20-10-11-22-21(23-20)26-16-14-24(15-17-26)18-19-8-6-5-7-9-19/h5-11H,3-4,12-18H2,1-2H3. The van der Waals surface area contributed by atoms with Crippen LogP contribution >= 0.6 is 0 Å². The van der Waals surface area contributed by atoms with Gasteiger partial charge in [0.25, 0.3) is 0 Å². The predicted octanol–water partition coefficient (Wildman–Crippen LogP) is 3.43. The SMILES string of the molecule is CCCN(CCC)c1ccnc(N2CCN(Cc3ccccc3)CC2)n1. The van der Waals surface area contributed by atoms with Crippen molar-refractivity contribution in [1.29, 1.82) is 0 Å². The van der Waals surface area contributed by atoms with Gasteiger partial charge in [-0.2, -0.15) is 4.98 Å². The van der Waals surface area contributed by atoms with Gasteiger partial charge in [-0.25, -0.2) is 4.98 Å². The third-order valence-corrected chi connectivity index (χ3v) is 4.84. The summed E-state index contributed by atoms with van der Waals surface area (Å²) in [6, 6.07) is 12.8. The van der Waals surface area contributed by atoms with Gasteiger partial charge in [-0.15, -0.1) is 0 Å². The van der Waals surface area contributed by atoms with Crippen LogP contribution in [0.15, 0.2) is 42.6 Å². The zero-order valence-electron chi connectivity index (χ0n) is 16.1. The third kappa shape index (κ3) is 4.94. The van der Waals surface area contributed by atoms with E-state index in [-0.39, 0.29) is 0 Å². The molecule has 0 unspecified atom stereocenters. The zero-order valence-corrected chi connectivity index (χ0v) is 16.1. The summed E-state index contributed by atoms with van der Waals surface area (Å²) in [5.74, 6) is 1.93. The van der Waals surface area contributed by atoms with Crippen molar-refractivity contribution in [2.75, 3.05) is 49.1 Å². The Labute approximate surface area is 157 Å². The summed E-state index contributed by atoms with van der Waals surface area (Å²) in [5, 5.41) is 0. The van der Waals surface area contributed by atoms with Crippen molar-refractivity contribution < 1.29 is 0 Å². The lowest BCUT2D eigenvalue weighted by Crippen LogP contribution is -2.46. The number of anilines is 2. The Hall–Kier alpha value is -2.14. The molecule has 1 saturated heterocycles. The first kappa shape index (κ1) is 18.6. The van der Waals surface area contributed by atoms with Crippen molar-refractivity contribution in [3.63, 3.8) is 0 Å². The van der Waals surface area contributed by atoms with Gasteiger partial charge in [0.15, 0.2) is 0 Å². The molecule has 1 aromatic carbocycles. The highest BCUT2D eigenvalue weighted by Crippen LogP contribution is 2.18. The fraction of sp³-hybridized carbons (Fsp3) is 0.524. The van der Waals surface area contributed by atoms with Gasteiger partial charge in [0.05, 0.1) is 0 Å². The minimum absolute atomic E-state index is 0.874. The van der Waals surface area contributed by atoms with Crippen LogP contribution < -0.4 is 9.80 Å². The Morgan fingerprint density at radius 1 is 0.923 bits per heavy atom. The van der Waals surface area contributed by atoms with E-state index in [1.54, 1.807) is 0 Å². The van der Waals surface area contributed by atoms with Crippen LogP contribution in [0.4, 0.5) is 11.8 Å². The zero-order chi connectivity index (χ0) is 18.2. The second-order valence-corrected chi connectivity index (χ2v) is 6.95. The molecule has 2 aromatic rings. The summed E-state index contributed by atoms with van der Waals surface area (Å²) >= 11 is 0. The maximum atomic E-state index is 4.87. The van der Waals surface area contributed by atoms with Crippen LogP contribution in [0.1, 0.15) is 32.3 Å². The van der Waals surface area contributed by atoms with Crippen LogP contribution in [-0.2, 0) is 6.54 Å². The van der Waals surface area contributed by atoms with Crippen molar-refractivity contribution in [3.05, 3.63) is 48.2 Å². The quantitative estimate of drug-likeness (QED) is 0.727. The topological polar surface area (TPSA) is 35.5 Å². The average Bonchev–Trinajstić information content (AvgIpc) is 2.69. The van der Waals surface area contributed by atoms with Crippen LogP contribution in [0.5, 0.6) is 0 Å². The molecule has 0 aliphatic carbocycles. The minimum Gasteiger partial charge on any atom is -0.356 e. The molecule has 140 valence electrons. The molecule has 0 spiro atoms. The van der Waals surface area contributed by atoms with Crippen molar-refractivity contribution >= 4 is 11.8 Å². The fourth-order valence-electron chi connectivity index (χ4n) is 3.50. The number of aromatic nitrogens is 2. The average molecular weight is 354 g/mol. The fourth-order valence-corrected chi connectivity index (χ4v) is 3.50. The van der Waals surface area contributed by atoms with E-state index >= 15 is 0 Å². The number of hydrogen-bond acceptors (Lipinski definition) is 5. The van der Waals surface area contributed by atoms with Gasteiger partial charge in [0.1, 0.15) is 5.82 Å². The van der Waals surface area contributed by atoms with Crippen LogP contribution in [0, 0.1) is 0 Å². The molecule has 0 saturated carbocycles. The molecule has 26 heavy (non-hydrogen) atoms. The summed E-state index contributed by atoms with van der Waals surface area (Å²) in [4.78, 5) is 16.6. The summed E-state index contributed by atoms with van der Waals surface area (Å²) in [7, 11) is 0. The van der Waals surface area contributed by atoms with E-state index in [0.29, 0.717) is 0 Å². The lowest BCUT2D eigenvalue weighted by atomic mass is 10.2. The van der Waals surface area contributed by atoms with Crippen molar-refractivity contribution in [2.45, 2.75) is 33.2 Å². The largest absolute Gasteiger partial charge is 0.356 e. The molecule has 1 aliphatic heterocycles. The molecule has 0 N–H and O–H groups in total. The molecular formula is C21H31N5. The maximum absolute atomic E-state index is 4.87. The molecule has 1 fully saturated rings. The monoisotopic (exact) mass is 353 g/mol. The molecule has 0 amide bonds. The van der Waals surface area contributed by atoms with E-state index in [1.165, 1.54) is 5.56 Å². The second kappa shape index (κ2) is 9.53. The number of hydrogen-bond donors (Lipinski definition) is 0. The molecule has 5 heteroatoms. The highest BCUT2D eigenvalue weighted by molar-refractivity contribution is 5.44. The smallest absolute Gasteiger partial charge is 0.227 e. The molecule has 2 heterocycles. The number of nitrogens with zero attached hydrogens (tertiary/aromatic N) is 5. The van der Waals surface area contributed by atoms with Crippen LogP contribution in [0.2, 0.25) is 0 Å². The van der Waals surface area contributed by atoms with Gasteiger partial charge in [0, 0.05) is 52.0 Å². The Morgan fingerprint density at radius 2 is 1.62 bits per heavy atom. The van der Waals surface area contributed by atoms with Gasteiger partial charge in [-0.1, -0.05) is 44.2 Å². The van der Waals surface area contributed by atoms with Gasteiger partial charge in [-0.05, 0) is 24.5 Å². The molecule has 0 radical (unpaired) electrons. The first-order valence-electron chi connectivity index (χ1n) is 9.89. The Balaban J connectivity index is 1.59. The van der Waals surface area contributed by atoms with Gasteiger partial charge in [-0.3, -0.25) is 4.90 Å². The predicted molar refractivity (Wildman–Crippen MR) is 109 cm³/mol. The van der Waals surface area contributed by atoms with Gasteiger partial charge in [0.2, 0.25) is 5.95 Å². The molecule has 1 aliphatic rings. The summed E-state index contributed by atoms with van der Waals surface area (Å²) in [6.45, 7) is 11.6. The van der Waals surface area contributed by atoms with E-state index in [2.05, 4.69) is 63.9 Å². The number of rotatable bonds is 8. The highest BCUT2D eigenvalue weighted by Gasteiger charge is 2.20. The summed E-state index contributed by atoms with van der Waals surface area (Å²) < 4.78 is 0. The Bertz CT molecular complexity index is 646. The molecule has 0 atom stereocenters. The van der Waals surface area contributed by atoms with E-state index in [9.17, 15) is 0 Å². The minimum atomic E-state index is 0.874. The molecule has 0 bridgehead atoms. The van der Waals surface area contributed by atoms with Crippen molar-refractivity contribution in [1.82, 2.24) is 14.9 Å². The summed E-state index contributed by atoms with van der Waals surface area (Å²) in [6.07, 6.45) is 4.18. The van der Waals surface area contributed by atoms with Crippen molar-refractivity contribution in [3.8, 4) is 0 Å². The van der Waals surface area contributed by atoms with E-state index in [1.807, 2.05) is 12.3 Å². The summed E-state index contributed by atoms with van der Waals surface area (Å²) in [5.41, 5.74) is 1.38. The molecule has 3 rings (SSSR count). The van der Waals surface area contributed by atoms with Crippen LogP contribution in [0.3, 0.4) is 0 Å². The Morgan fingerprint density at radius 3 is 2.27 bits per heavy atom. The van der Waals surface area contributed by atoms with E-state index in [0.717, 1.165) is 70.4 Å². The van der Waals surface area contributed by atoms with E-state index in [4.69, 9.17) is 4.98 Å². The first-order chi connectivity index (χ1) is 12.8. The normalized spacial score (nSPS) is 15.2. The molecule has 5 nitrogen and oxygen atoms in total. The molecule has 1 aromatic heterocycles. The maximum Gasteiger partial charge on any atom is 0.227 e. The molecular weight excluding hydrogens is 322 g/mol. The van der Waals surface area contributed by atoms with Crippen molar-refractivity contribution in [2.24, 2.45) is 0 Å². The third-order valence-electron chi connectivity index (χ3n) is 4.84. The highest BCUT2D eigenvalue weighted by atomic mass is 15.3. The van der Waals surface area contributed by atoms with Crippen LogP contribution in [-0.4, -0.2) is 54.1 Å². The number of piperazine rings is 1. The lowest BCUT2D eigenvalue weighted by molar-refractivity contribution is 0.248. The van der Waals surface area contributed by atoms with Gasteiger partial charge >= 0.3 is 0 Å². The van der Waals surface area contributed by atoms with Crippen LogP contribution in [0.25, 0.3) is 0 Å². The van der Waals surface area contributed by atoms with E-state index < -0.39 is 0 Å².